The second-order valence-corrected chi connectivity index (χ2v) is 5.81. The molecule has 1 N–H and O–H groups in total. The van der Waals surface area contributed by atoms with Crippen LogP contribution in [0, 0.1) is 17.1 Å². The van der Waals surface area contributed by atoms with Gasteiger partial charge in [0, 0.05) is 10.7 Å². The van der Waals surface area contributed by atoms with Crippen molar-refractivity contribution in [1.29, 1.82) is 5.26 Å². The highest BCUT2D eigenvalue weighted by Crippen LogP contribution is 2.21. The number of carbonyl (C=O) groups excluding carboxylic acids is 1. The van der Waals surface area contributed by atoms with E-state index in [0.29, 0.717) is 15.1 Å². The number of pyridine rings is 1. The average Bonchev–Trinajstić information content (AvgIpc) is 2.48. The van der Waals surface area contributed by atoms with Gasteiger partial charge in [-0.05, 0) is 30.3 Å². The van der Waals surface area contributed by atoms with E-state index in [9.17, 15) is 9.18 Å². The molecule has 0 fully saturated rings. The zero-order valence-corrected chi connectivity index (χ0v) is 13.0. The molecule has 106 valence electrons. The van der Waals surface area contributed by atoms with Gasteiger partial charge in [0.25, 0.3) is 0 Å². The lowest BCUT2D eigenvalue weighted by atomic mass is 10.3. The van der Waals surface area contributed by atoms with Crippen LogP contribution in [-0.2, 0) is 4.79 Å². The Bertz CT molecular complexity index is 718. The molecule has 1 aromatic carbocycles. The van der Waals surface area contributed by atoms with Crippen molar-refractivity contribution in [3.63, 3.8) is 0 Å². The second-order valence-electron chi connectivity index (χ2n) is 3.93. The number of thioether (sulfide) groups is 1. The van der Waals surface area contributed by atoms with E-state index in [4.69, 9.17) is 5.26 Å². The molecule has 1 amide bonds. The molecule has 0 aliphatic carbocycles. The number of anilines is 1. The van der Waals surface area contributed by atoms with Crippen LogP contribution < -0.4 is 5.32 Å². The van der Waals surface area contributed by atoms with Crippen molar-refractivity contribution in [2.24, 2.45) is 0 Å². The molecule has 0 bridgehead atoms. The lowest BCUT2D eigenvalue weighted by Gasteiger charge is -2.06. The summed E-state index contributed by atoms with van der Waals surface area (Å²) in [5, 5.41) is 11.9. The number of halogens is 2. The monoisotopic (exact) mass is 365 g/mol. The first-order valence-electron chi connectivity index (χ1n) is 5.83. The summed E-state index contributed by atoms with van der Waals surface area (Å²) in [5.41, 5.74) is 0.524. The maximum Gasteiger partial charge on any atom is 0.234 e. The lowest BCUT2D eigenvalue weighted by Crippen LogP contribution is -2.15. The van der Waals surface area contributed by atoms with Gasteiger partial charge in [-0.3, -0.25) is 4.79 Å². The zero-order valence-electron chi connectivity index (χ0n) is 10.6. The molecule has 0 aliphatic rings. The fourth-order valence-electron chi connectivity index (χ4n) is 1.50. The first kappa shape index (κ1) is 15.5. The molecule has 21 heavy (non-hydrogen) atoms. The molecule has 0 saturated carbocycles. The maximum absolute atomic E-state index is 13.6. The molecule has 2 rings (SSSR count). The number of benzene rings is 1. The Hall–Kier alpha value is -1.91. The van der Waals surface area contributed by atoms with Crippen LogP contribution in [0.2, 0.25) is 0 Å². The zero-order chi connectivity index (χ0) is 15.2. The van der Waals surface area contributed by atoms with E-state index in [-0.39, 0.29) is 17.3 Å². The second kappa shape index (κ2) is 7.20. The van der Waals surface area contributed by atoms with Gasteiger partial charge >= 0.3 is 0 Å². The molecule has 2 aromatic rings. The van der Waals surface area contributed by atoms with Gasteiger partial charge in [0.05, 0.1) is 17.0 Å². The number of rotatable bonds is 4. The number of hydrogen-bond donors (Lipinski definition) is 1. The summed E-state index contributed by atoms with van der Waals surface area (Å²) >= 11 is 4.27. The Morgan fingerprint density at radius 2 is 2.29 bits per heavy atom. The summed E-state index contributed by atoms with van der Waals surface area (Å²) < 4.78 is 14.2. The SMILES string of the molecule is N#Cc1cccnc1SCC(=O)Nc1ccc(Br)cc1F. The van der Waals surface area contributed by atoms with Gasteiger partial charge in [-0.25, -0.2) is 9.37 Å². The fourth-order valence-corrected chi connectivity index (χ4v) is 2.58. The van der Waals surface area contributed by atoms with Gasteiger partial charge < -0.3 is 5.32 Å². The average molecular weight is 366 g/mol. The molecule has 1 heterocycles. The molecular formula is C14H9BrFN3OS. The van der Waals surface area contributed by atoms with Crippen LogP contribution in [0.4, 0.5) is 10.1 Å². The van der Waals surface area contributed by atoms with Gasteiger partial charge in [-0.15, -0.1) is 0 Å². The van der Waals surface area contributed by atoms with E-state index < -0.39 is 5.82 Å². The number of hydrogen-bond acceptors (Lipinski definition) is 4. The van der Waals surface area contributed by atoms with Crippen molar-refractivity contribution in [3.05, 3.63) is 52.4 Å². The van der Waals surface area contributed by atoms with Crippen LogP contribution in [0.1, 0.15) is 5.56 Å². The third-order valence-electron chi connectivity index (χ3n) is 2.44. The number of amides is 1. The highest BCUT2D eigenvalue weighted by atomic mass is 79.9. The van der Waals surface area contributed by atoms with Crippen LogP contribution in [0.3, 0.4) is 0 Å². The quantitative estimate of drug-likeness (QED) is 0.840. The van der Waals surface area contributed by atoms with Crippen molar-refractivity contribution < 1.29 is 9.18 Å². The summed E-state index contributed by atoms with van der Waals surface area (Å²) in [4.78, 5) is 15.8. The van der Waals surface area contributed by atoms with Crippen LogP contribution in [0.15, 0.2) is 46.0 Å². The Kier molecular flexibility index (Phi) is 5.31. The van der Waals surface area contributed by atoms with Crippen molar-refractivity contribution in [2.75, 3.05) is 11.1 Å². The first-order valence-corrected chi connectivity index (χ1v) is 7.61. The van der Waals surface area contributed by atoms with Crippen LogP contribution in [0.25, 0.3) is 0 Å². The minimum absolute atomic E-state index is 0.0429. The molecule has 0 radical (unpaired) electrons. The molecule has 0 aliphatic heterocycles. The first-order chi connectivity index (χ1) is 10.1. The minimum Gasteiger partial charge on any atom is -0.323 e. The fraction of sp³-hybridized carbons (Fsp3) is 0.0714. The van der Waals surface area contributed by atoms with Gasteiger partial charge in [-0.2, -0.15) is 5.26 Å². The van der Waals surface area contributed by atoms with Crippen LogP contribution in [-0.4, -0.2) is 16.6 Å². The molecule has 0 unspecified atom stereocenters. The van der Waals surface area contributed by atoms with E-state index in [1.165, 1.54) is 12.1 Å². The van der Waals surface area contributed by atoms with E-state index in [1.54, 1.807) is 24.4 Å². The molecule has 0 saturated heterocycles. The maximum atomic E-state index is 13.6. The summed E-state index contributed by atoms with van der Waals surface area (Å²) in [5.74, 6) is -0.838. The number of nitrogens with one attached hydrogen (secondary N) is 1. The van der Waals surface area contributed by atoms with Crippen LogP contribution in [0.5, 0.6) is 0 Å². The largest absolute Gasteiger partial charge is 0.323 e. The summed E-state index contributed by atoms with van der Waals surface area (Å²) in [6, 6.07) is 9.67. The van der Waals surface area contributed by atoms with Gasteiger partial charge in [0.1, 0.15) is 16.9 Å². The lowest BCUT2D eigenvalue weighted by molar-refractivity contribution is -0.113. The van der Waals surface area contributed by atoms with Crippen LogP contribution >= 0.6 is 27.7 Å². The van der Waals surface area contributed by atoms with E-state index in [1.807, 2.05) is 6.07 Å². The number of nitriles is 1. The molecule has 4 nitrogen and oxygen atoms in total. The van der Waals surface area contributed by atoms with Gasteiger partial charge in [-0.1, -0.05) is 27.7 Å². The minimum atomic E-state index is -0.515. The third-order valence-corrected chi connectivity index (χ3v) is 3.94. The summed E-state index contributed by atoms with van der Waals surface area (Å²) in [6.45, 7) is 0. The van der Waals surface area contributed by atoms with Gasteiger partial charge in [0.2, 0.25) is 5.91 Å². The predicted octanol–water partition coefficient (Wildman–Crippen LogP) is 3.59. The van der Waals surface area contributed by atoms with Gasteiger partial charge in [0.15, 0.2) is 0 Å². The molecule has 0 atom stereocenters. The van der Waals surface area contributed by atoms with Crippen molar-refractivity contribution in [3.8, 4) is 6.07 Å². The van der Waals surface area contributed by atoms with E-state index >= 15 is 0 Å². The highest BCUT2D eigenvalue weighted by molar-refractivity contribution is 9.10. The number of aromatic nitrogens is 1. The standard InChI is InChI=1S/C14H9BrFN3OS/c15-10-3-4-12(11(16)6-10)19-13(20)8-21-14-9(7-17)2-1-5-18-14/h1-6H,8H2,(H,19,20). The topological polar surface area (TPSA) is 65.8 Å². The third kappa shape index (κ3) is 4.28. The number of nitrogens with zero attached hydrogens (tertiary/aromatic N) is 2. The normalized spacial score (nSPS) is 9.95. The Morgan fingerprint density at radius 1 is 1.48 bits per heavy atom. The smallest absolute Gasteiger partial charge is 0.234 e. The Labute approximate surface area is 133 Å². The van der Waals surface area contributed by atoms with Crippen molar-refractivity contribution in [1.82, 2.24) is 4.98 Å². The summed E-state index contributed by atoms with van der Waals surface area (Å²) in [6.07, 6.45) is 1.55. The van der Waals surface area contributed by atoms with Crippen molar-refractivity contribution in [2.45, 2.75) is 5.03 Å². The Balaban J connectivity index is 1.98. The summed E-state index contributed by atoms with van der Waals surface area (Å²) in [7, 11) is 0. The molecule has 0 spiro atoms. The predicted molar refractivity (Wildman–Crippen MR) is 82.4 cm³/mol. The molecule has 7 heteroatoms. The Morgan fingerprint density at radius 3 is 3.00 bits per heavy atom. The number of carbonyl (C=O) groups is 1. The molecular weight excluding hydrogens is 357 g/mol. The van der Waals surface area contributed by atoms with E-state index in [2.05, 4.69) is 26.2 Å². The highest BCUT2D eigenvalue weighted by Gasteiger charge is 2.10. The van der Waals surface area contributed by atoms with E-state index in [0.717, 1.165) is 11.8 Å². The van der Waals surface area contributed by atoms with Crippen molar-refractivity contribution >= 4 is 39.3 Å². The molecule has 1 aromatic heterocycles.